The Morgan fingerprint density at radius 3 is 2.69 bits per heavy atom. The van der Waals surface area contributed by atoms with Crippen molar-refractivity contribution in [3.63, 3.8) is 0 Å². The molecule has 0 fully saturated rings. The Balaban J connectivity index is 1.87. The molecule has 3 rings (SSSR count). The molecule has 170 valence electrons. The van der Waals surface area contributed by atoms with Crippen molar-refractivity contribution < 1.29 is 23.4 Å². The molecule has 0 aliphatic carbocycles. The summed E-state index contributed by atoms with van der Waals surface area (Å²) in [6, 6.07) is 5.85. The third-order valence-corrected chi connectivity index (χ3v) is 4.65. The van der Waals surface area contributed by atoms with Gasteiger partial charge in [0.05, 0.1) is 17.9 Å². The number of rotatable bonds is 9. The van der Waals surface area contributed by atoms with Crippen molar-refractivity contribution in [3.8, 4) is 5.75 Å². The van der Waals surface area contributed by atoms with Crippen LogP contribution in [0.15, 0.2) is 41.6 Å². The SMILES string of the molecule is CCN/N=C(\N)C(CO)NC(=O)c1c(C)nc2c(OCc3c(F)cccc3F)cccn12. The molecule has 0 aliphatic rings. The molecule has 32 heavy (non-hydrogen) atoms. The highest BCUT2D eigenvalue weighted by Gasteiger charge is 2.23. The zero-order chi connectivity index (χ0) is 23.3. The number of hydrogen-bond acceptors (Lipinski definition) is 6. The number of halogens is 2. The molecular formula is C21H24F2N6O3. The molecule has 1 amide bonds. The number of amidine groups is 1. The lowest BCUT2D eigenvalue weighted by Crippen LogP contribution is -2.48. The lowest BCUT2D eigenvalue weighted by molar-refractivity contribution is 0.0926. The molecule has 0 aliphatic heterocycles. The molecule has 2 aromatic heterocycles. The van der Waals surface area contributed by atoms with Gasteiger partial charge in [-0.2, -0.15) is 5.10 Å². The summed E-state index contributed by atoms with van der Waals surface area (Å²) in [5.74, 6) is -1.72. The molecule has 1 unspecified atom stereocenters. The van der Waals surface area contributed by atoms with Gasteiger partial charge in [0.25, 0.3) is 5.91 Å². The second-order valence-corrected chi connectivity index (χ2v) is 6.86. The Morgan fingerprint density at radius 1 is 1.31 bits per heavy atom. The topological polar surface area (TPSA) is 126 Å². The molecule has 0 saturated carbocycles. The van der Waals surface area contributed by atoms with E-state index in [1.54, 1.807) is 25.3 Å². The fourth-order valence-corrected chi connectivity index (χ4v) is 3.05. The summed E-state index contributed by atoms with van der Waals surface area (Å²) in [5.41, 5.74) is 9.14. The highest BCUT2D eigenvalue weighted by atomic mass is 19.1. The van der Waals surface area contributed by atoms with E-state index in [0.29, 0.717) is 17.9 Å². The molecule has 2 heterocycles. The van der Waals surface area contributed by atoms with E-state index in [9.17, 15) is 18.7 Å². The van der Waals surface area contributed by atoms with Crippen LogP contribution in [-0.2, 0) is 6.61 Å². The predicted molar refractivity (Wildman–Crippen MR) is 114 cm³/mol. The van der Waals surface area contributed by atoms with E-state index in [2.05, 4.69) is 20.8 Å². The Hall–Kier alpha value is -3.73. The van der Waals surface area contributed by atoms with Crippen molar-refractivity contribution in [3.05, 3.63) is 65.1 Å². The number of ether oxygens (including phenoxy) is 1. The van der Waals surface area contributed by atoms with E-state index in [1.807, 2.05) is 6.92 Å². The fourth-order valence-electron chi connectivity index (χ4n) is 3.05. The van der Waals surface area contributed by atoms with Crippen LogP contribution in [0.5, 0.6) is 5.75 Å². The number of aromatic nitrogens is 2. The first-order chi connectivity index (χ1) is 15.4. The van der Waals surface area contributed by atoms with E-state index >= 15 is 0 Å². The minimum atomic E-state index is -0.907. The number of aliphatic hydroxyl groups is 1. The van der Waals surface area contributed by atoms with Gasteiger partial charge in [-0.25, -0.2) is 13.8 Å². The smallest absolute Gasteiger partial charge is 0.270 e. The highest BCUT2D eigenvalue weighted by Crippen LogP contribution is 2.24. The summed E-state index contributed by atoms with van der Waals surface area (Å²) in [6.45, 7) is 3.18. The quantitative estimate of drug-likeness (QED) is 0.224. The molecule has 0 bridgehead atoms. The third-order valence-electron chi connectivity index (χ3n) is 4.65. The van der Waals surface area contributed by atoms with Crippen LogP contribution in [0.3, 0.4) is 0 Å². The lowest BCUT2D eigenvalue weighted by Gasteiger charge is -2.16. The van der Waals surface area contributed by atoms with Gasteiger partial charge < -0.3 is 26.3 Å². The number of benzene rings is 1. The van der Waals surface area contributed by atoms with Crippen LogP contribution in [-0.4, -0.2) is 45.4 Å². The predicted octanol–water partition coefficient (Wildman–Crippen LogP) is 1.47. The van der Waals surface area contributed by atoms with Crippen molar-refractivity contribution >= 4 is 17.4 Å². The van der Waals surface area contributed by atoms with E-state index in [0.717, 1.165) is 12.1 Å². The maximum Gasteiger partial charge on any atom is 0.270 e. The number of aryl methyl sites for hydroxylation is 1. The van der Waals surface area contributed by atoms with Crippen molar-refractivity contribution in [1.29, 1.82) is 0 Å². The van der Waals surface area contributed by atoms with Gasteiger partial charge >= 0.3 is 0 Å². The number of carbonyl (C=O) groups excluding carboxylic acids is 1. The number of fused-ring (bicyclic) bond motifs is 1. The third kappa shape index (κ3) is 4.78. The molecule has 11 heteroatoms. The Morgan fingerprint density at radius 2 is 2.03 bits per heavy atom. The zero-order valence-corrected chi connectivity index (χ0v) is 17.6. The first kappa shape index (κ1) is 22.9. The summed E-state index contributed by atoms with van der Waals surface area (Å²) in [7, 11) is 0. The number of nitrogens with two attached hydrogens (primary N) is 1. The number of imidazole rings is 1. The van der Waals surface area contributed by atoms with Crippen LogP contribution in [0, 0.1) is 18.6 Å². The van der Waals surface area contributed by atoms with Crippen molar-refractivity contribution in [2.24, 2.45) is 10.8 Å². The minimum absolute atomic E-state index is 0.0186. The molecule has 5 N–H and O–H groups in total. The second kappa shape index (κ2) is 10.1. The number of aliphatic hydroxyl groups excluding tert-OH is 1. The van der Waals surface area contributed by atoms with Crippen LogP contribution < -0.4 is 21.2 Å². The van der Waals surface area contributed by atoms with Crippen LogP contribution in [0.2, 0.25) is 0 Å². The number of amides is 1. The Bertz CT molecular complexity index is 1130. The largest absolute Gasteiger partial charge is 0.485 e. The van der Waals surface area contributed by atoms with Crippen molar-refractivity contribution in [2.75, 3.05) is 13.2 Å². The maximum atomic E-state index is 13.9. The minimum Gasteiger partial charge on any atom is -0.485 e. The second-order valence-electron chi connectivity index (χ2n) is 6.86. The molecule has 0 saturated heterocycles. The average Bonchev–Trinajstić information content (AvgIpc) is 3.11. The molecule has 0 radical (unpaired) electrons. The van der Waals surface area contributed by atoms with E-state index in [-0.39, 0.29) is 29.4 Å². The number of pyridine rings is 1. The van der Waals surface area contributed by atoms with E-state index in [4.69, 9.17) is 10.5 Å². The summed E-state index contributed by atoms with van der Waals surface area (Å²) >= 11 is 0. The number of nitrogens with one attached hydrogen (secondary N) is 2. The average molecular weight is 446 g/mol. The van der Waals surface area contributed by atoms with Crippen molar-refractivity contribution in [1.82, 2.24) is 20.1 Å². The molecule has 1 atom stereocenters. The number of nitrogens with zero attached hydrogens (tertiary/aromatic N) is 3. The fraction of sp³-hybridized carbons (Fsp3) is 0.286. The summed E-state index contributed by atoms with van der Waals surface area (Å²) in [4.78, 5) is 17.3. The van der Waals surface area contributed by atoms with Gasteiger partial charge in [-0.1, -0.05) is 6.07 Å². The van der Waals surface area contributed by atoms with Crippen LogP contribution in [0.25, 0.3) is 5.65 Å². The maximum absolute atomic E-state index is 13.9. The first-order valence-corrected chi connectivity index (χ1v) is 9.88. The zero-order valence-electron chi connectivity index (χ0n) is 17.6. The molecular weight excluding hydrogens is 422 g/mol. The first-order valence-electron chi connectivity index (χ1n) is 9.88. The van der Waals surface area contributed by atoms with Gasteiger partial charge in [-0.3, -0.25) is 9.20 Å². The van der Waals surface area contributed by atoms with Gasteiger partial charge in [0.2, 0.25) is 0 Å². The summed E-state index contributed by atoms with van der Waals surface area (Å²) < 4.78 is 34.9. The van der Waals surface area contributed by atoms with Crippen molar-refractivity contribution in [2.45, 2.75) is 26.5 Å². The lowest BCUT2D eigenvalue weighted by atomic mass is 10.2. The molecule has 0 spiro atoms. The van der Waals surface area contributed by atoms with Gasteiger partial charge in [0.1, 0.15) is 35.8 Å². The van der Waals surface area contributed by atoms with Gasteiger partial charge in [-0.05, 0) is 38.1 Å². The standard InChI is InChI=1S/C21H24F2N6O3/c1-3-25-28-19(24)16(10-30)27-21(31)18-12(2)26-20-17(8-5-9-29(18)20)32-11-13-14(22)6-4-7-15(13)23/h4-9,16,25,30H,3,10-11H2,1-2H3,(H2,24,28)(H,27,31). The number of carbonyl (C=O) groups is 1. The summed E-state index contributed by atoms with van der Waals surface area (Å²) in [6.07, 6.45) is 1.60. The highest BCUT2D eigenvalue weighted by molar-refractivity contribution is 5.98. The van der Waals surface area contributed by atoms with Gasteiger partial charge in [0.15, 0.2) is 11.4 Å². The molecule has 3 aromatic rings. The molecule has 9 nitrogen and oxygen atoms in total. The number of hydrogen-bond donors (Lipinski definition) is 4. The van der Waals surface area contributed by atoms with Crippen LogP contribution >= 0.6 is 0 Å². The Kier molecular flexibility index (Phi) is 7.21. The number of hydrazone groups is 1. The van der Waals surface area contributed by atoms with Gasteiger partial charge in [-0.15, -0.1) is 0 Å². The van der Waals surface area contributed by atoms with E-state index in [1.165, 1.54) is 10.5 Å². The van der Waals surface area contributed by atoms with Crippen LogP contribution in [0.4, 0.5) is 8.78 Å². The van der Waals surface area contributed by atoms with Crippen LogP contribution in [0.1, 0.15) is 28.7 Å². The van der Waals surface area contributed by atoms with Gasteiger partial charge in [0, 0.05) is 12.7 Å². The Labute approximate surface area is 182 Å². The van der Waals surface area contributed by atoms with E-state index < -0.39 is 30.2 Å². The summed E-state index contributed by atoms with van der Waals surface area (Å²) in [5, 5.41) is 16.1. The molecule has 1 aromatic carbocycles. The normalized spacial score (nSPS) is 12.6. The monoisotopic (exact) mass is 446 g/mol.